The van der Waals surface area contributed by atoms with Crippen molar-refractivity contribution in [3.8, 4) is 0 Å². The maximum absolute atomic E-state index is 12.3. The van der Waals surface area contributed by atoms with Crippen molar-refractivity contribution in [2.45, 2.75) is 6.43 Å². The van der Waals surface area contributed by atoms with Crippen LogP contribution < -0.4 is 5.56 Å². The summed E-state index contributed by atoms with van der Waals surface area (Å²) < 4.78 is 25.5. The fourth-order valence-corrected chi connectivity index (χ4v) is 1.72. The Hall–Kier alpha value is -1.05. The fraction of sp³-hybridized carbons (Fsp3) is 0.111. The average molecular weight is 322 g/mol. The molecule has 0 amide bonds. The van der Waals surface area contributed by atoms with Crippen molar-refractivity contribution in [3.05, 3.63) is 37.9 Å². The van der Waals surface area contributed by atoms with E-state index in [2.05, 4.69) is 9.97 Å². The highest BCUT2D eigenvalue weighted by molar-refractivity contribution is 14.1. The van der Waals surface area contributed by atoms with Crippen molar-refractivity contribution in [1.29, 1.82) is 0 Å². The van der Waals surface area contributed by atoms with Gasteiger partial charge in [0.15, 0.2) is 5.82 Å². The summed E-state index contributed by atoms with van der Waals surface area (Å²) in [5.41, 5.74) is -0.247. The number of rotatable bonds is 1. The second-order valence-electron chi connectivity index (χ2n) is 2.91. The zero-order chi connectivity index (χ0) is 11.0. The second kappa shape index (κ2) is 3.84. The molecule has 0 saturated carbocycles. The molecular formula is C9H5F2IN2O. The number of aromatic nitrogens is 2. The molecule has 1 aromatic carbocycles. The Morgan fingerprint density at radius 1 is 1.40 bits per heavy atom. The second-order valence-corrected chi connectivity index (χ2v) is 4.16. The van der Waals surface area contributed by atoms with Gasteiger partial charge in [-0.3, -0.25) is 4.79 Å². The maximum Gasteiger partial charge on any atom is 0.295 e. The molecule has 0 saturated heterocycles. The summed E-state index contributed by atoms with van der Waals surface area (Å²) in [5.74, 6) is -0.589. The first-order chi connectivity index (χ1) is 7.08. The molecule has 78 valence electrons. The van der Waals surface area contributed by atoms with Gasteiger partial charge in [0.25, 0.3) is 12.0 Å². The molecule has 1 N–H and O–H groups in total. The number of aromatic amines is 1. The minimum Gasteiger partial charge on any atom is -0.305 e. The highest BCUT2D eigenvalue weighted by Gasteiger charge is 2.12. The van der Waals surface area contributed by atoms with E-state index >= 15 is 0 Å². The van der Waals surface area contributed by atoms with Gasteiger partial charge in [0.2, 0.25) is 0 Å². The predicted octanol–water partition coefficient (Wildman–Crippen LogP) is 2.47. The van der Waals surface area contributed by atoms with Crippen LogP contribution in [0, 0.1) is 3.57 Å². The summed E-state index contributed by atoms with van der Waals surface area (Å²) in [6.07, 6.45) is -2.76. The Balaban J connectivity index is 2.79. The molecule has 0 atom stereocenters. The van der Waals surface area contributed by atoms with Crippen LogP contribution in [-0.2, 0) is 0 Å². The van der Waals surface area contributed by atoms with Gasteiger partial charge in [-0.2, -0.15) is 0 Å². The number of hydrogen-bond donors (Lipinski definition) is 1. The third-order valence-corrected chi connectivity index (χ3v) is 2.56. The molecule has 0 unspecified atom stereocenters. The van der Waals surface area contributed by atoms with Crippen LogP contribution in [0.1, 0.15) is 12.2 Å². The molecule has 0 spiro atoms. The first-order valence-corrected chi connectivity index (χ1v) is 5.13. The molecule has 0 aliphatic heterocycles. The first kappa shape index (κ1) is 10.5. The van der Waals surface area contributed by atoms with Crippen molar-refractivity contribution < 1.29 is 8.78 Å². The van der Waals surface area contributed by atoms with Gasteiger partial charge in [-0.25, -0.2) is 13.8 Å². The quantitative estimate of drug-likeness (QED) is 0.820. The minimum absolute atomic E-state index is 0.287. The average Bonchev–Trinajstić information content (AvgIpc) is 2.18. The summed E-state index contributed by atoms with van der Waals surface area (Å²) in [6, 6.07) is 4.87. The fourth-order valence-electron chi connectivity index (χ4n) is 1.23. The van der Waals surface area contributed by atoms with Crippen molar-refractivity contribution in [2.75, 3.05) is 0 Å². The monoisotopic (exact) mass is 322 g/mol. The summed E-state index contributed by atoms with van der Waals surface area (Å²) in [4.78, 5) is 17.1. The van der Waals surface area contributed by atoms with E-state index < -0.39 is 17.8 Å². The van der Waals surface area contributed by atoms with Crippen LogP contribution >= 0.6 is 22.6 Å². The molecule has 3 nitrogen and oxygen atoms in total. The normalized spacial score (nSPS) is 11.2. The van der Waals surface area contributed by atoms with Crippen LogP contribution in [0.5, 0.6) is 0 Å². The Kier molecular flexibility index (Phi) is 2.68. The largest absolute Gasteiger partial charge is 0.305 e. The van der Waals surface area contributed by atoms with Gasteiger partial charge in [-0.15, -0.1) is 0 Å². The third kappa shape index (κ3) is 1.99. The van der Waals surface area contributed by atoms with Crippen molar-refractivity contribution >= 4 is 33.5 Å². The molecule has 0 aliphatic carbocycles. The SMILES string of the molecule is O=c1[nH]c(C(F)F)nc2ccc(I)cc12. The lowest BCUT2D eigenvalue weighted by atomic mass is 10.2. The van der Waals surface area contributed by atoms with E-state index in [1.807, 2.05) is 22.6 Å². The van der Waals surface area contributed by atoms with Gasteiger partial charge in [0, 0.05) is 3.57 Å². The van der Waals surface area contributed by atoms with Crippen LogP contribution in [0.4, 0.5) is 8.78 Å². The molecule has 15 heavy (non-hydrogen) atoms. The summed E-state index contributed by atoms with van der Waals surface area (Å²) in [6.45, 7) is 0. The number of H-pyrrole nitrogens is 1. The Bertz CT molecular complexity index is 568. The lowest BCUT2D eigenvalue weighted by Gasteiger charge is -2.01. The van der Waals surface area contributed by atoms with Crippen LogP contribution in [-0.4, -0.2) is 9.97 Å². The molecule has 1 heterocycles. The molecular weight excluding hydrogens is 317 g/mol. The molecule has 2 aromatic rings. The van der Waals surface area contributed by atoms with E-state index in [-0.39, 0.29) is 5.52 Å². The number of nitrogens with one attached hydrogen (secondary N) is 1. The highest BCUT2D eigenvalue weighted by atomic mass is 127. The standard InChI is InChI=1S/C9H5F2IN2O/c10-7(11)8-13-6-2-1-4(12)3-5(6)9(15)14-8/h1-3,7H,(H,13,14,15). The van der Waals surface area contributed by atoms with Gasteiger partial charge < -0.3 is 4.98 Å². The number of alkyl halides is 2. The lowest BCUT2D eigenvalue weighted by Crippen LogP contribution is -2.12. The van der Waals surface area contributed by atoms with E-state index in [0.29, 0.717) is 5.39 Å². The summed E-state index contributed by atoms with van der Waals surface area (Å²) in [5, 5.41) is 0.325. The van der Waals surface area contributed by atoms with Crippen molar-refractivity contribution in [3.63, 3.8) is 0 Å². The van der Waals surface area contributed by atoms with Crippen molar-refractivity contribution in [1.82, 2.24) is 9.97 Å². The molecule has 0 radical (unpaired) electrons. The summed E-state index contributed by atoms with van der Waals surface area (Å²) >= 11 is 2.04. The van der Waals surface area contributed by atoms with E-state index in [9.17, 15) is 13.6 Å². The van der Waals surface area contributed by atoms with Crippen LogP contribution in [0.3, 0.4) is 0 Å². The number of nitrogens with zero attached hydrogens (tertiary/aromatic N) is 1. The topological polar surface area (TPSA) is 45.8 Å². The number of benzene rings is 1. The Morgan fingerprint density at radius 3 is 2.80 bits per heavy atom. The van der Waals surface area contributed by atoms with Gasteiger partial charge in [0.05, 0.1) is 10.9 Å². The minimum atomic E-state index is -2.76. The molecule has 0 aliphatic rings. The zero-order valence-corrected chi connectivity index (χ0v) is 9.46. The van der Waals surface area contributed by atoms with Crippen LogP contribution in [0.2, 0.25) is 0 Å². The Morgan fingerprint density at radius 2 is 2.13 bits per heavy atom. The van der Waals surface area contributed by atoms with Gasteiger partial charge >= 0.3 is 0 Å². The van der Waals surface area contributed by atoms with Gasteiger partial charge in [0.1, 0.15) is 0 Å². The summed E-state index contributed by atoms with van der Waals surface area (Å²) in [7, 11) is 0. The maximum atomic E-state index is 12.3. The predicted molar refractivity (Wildman–Crippen MR) is 60.0 cm³/mol. The van der Waals surface area contributed by atoms with E-state index in [1.54, 1.807) is 18.2 Å². The molecule has 2 rings (SSSR count). The van der Waals surface area contributed by atoms with Gasteiger partial charge in [-0.1, -0.05) is 0 Å². The highest BCUT2D eigenvalue weighted by Crippen LogP contribution is 2.16. The van der Waals surface area contributed by atoms with E-state index in [4.69, 9.17) is 0 Å². The number of hydrogen-bond acceptors (Lipinski definition) is 2. The van der Waals surface area contributed by atoms with Crippen molar-refractivity contribution in [2.24, 2.45) is 0 Å². The molecule has 1 aromatic heterocycles. The number of fused-ring (bicyclic) bond motifs is 1. The lowest BCUT2D eigenvalue weighted by molar-refractivity contribution is 0.140. The van der Waals surface area contributed by atoms with Crippen LogP contribution in [0.15, 0.2) is 23.0 Å². The zero-order valence-electron chi connectivity index (χ0n) is 7.30. The van der Waals surface area contributed by atoms with Gasteiger partial charge in [-0.05, 0) is 40.8 Å². The van der Waals surface area contributed by atoms with E-state index in [0.717, 1.165) is 3.57 Å². The van der Waals surface area contributed by atoms with E-state index in [1.165, 1.54) is 0 Å². The van der Waals surface area contributed by atoms with Crippen LogP contribution in [0.25, 0.3) is 10.9 Å². The molecule has 0 bridgehead atoms. The third-order valence-electron chi connectivity index (χ3n) is 1.89. The smallest absolute Gasteiger partial charge is 0.295 e. The molecule has 0 fully saturated rings. The number of halogens is 3. The first-order valence-electron chi connectivity index (χ1n) is 4.05. The Labute approximate surface area is 96.7 Å². The molecule has 6 heteroatoms.